The smallest absolute Gasteiger partial charge is 0.403 e. The highest BCUT2D eigenvalue weighted by Crippen LogP contribution is 2.63. The van der Waals surface area contributed by atoms with Crippen LogP contribution < -0.4 is 0 Å². The van der Waals surface area contributed by atoms with E-state index in [9.17, 15) is 40.7 Å². The Morgan fingerprint density at radius 2 is 1.52 bits per heavy atom. The van der Waals surface area contributed by atoms with Crippen LogP contribution in [0.1, 0.15) is 45.4 Å². The Labute approximate surface area is 185 Å². The van der Waals surface area contributed by atoms with Crippen LogP contribution in [0.2, 0.25) is 0 Å². The molecule has 0 N–H and O–H groups in total. The molecular weight excluding hydrogens is 462 g/mol. The summed E-state index contributed by atoms with van der Waals surface area (Å²) in [5, 5.41) is 0. The minimum absolute atomic E-state index is 0.0861. The van der Waals surface area contributed by atoms with Crippen LogP contribution in [0.5, 0.6) is 0 Å². The van der Waals surface area contributed by atoms with Crippen molar-refractivity contribution in [2.24, 2.45) is 23.2 Å². The summed E-state index contributed by atoms with van der Waals surface area (Å²) in [5.74, 6) is -6.56. The van der Waals surface area contributed by atoms with Gasteiger partial charge in [0.25, 0.3) is 0 Å². The summed E-state index contributed by atoms with van der Waals surface area (Å²) < 4.78 is 90.0. The Morgan fingerprint density at radius 1 is 0.970 bits per heavy atom. The molecule has 4 rings (SSSR count). The van der Waals surface area contributed by atoms with Crippen LogP contribution in [0.25, 0.3) is 0 Å². The fourth-order valence-electron chi connectivity index (χ4n) is 5.69. The first-order chi connectivity index (χ1) is 15.1. The number of alkyl halides is 6. The molecule has 0 radical (unpaired) electrons. The molecule has 4 aliphatic rings. The van der Waals surface area contributed by atoms with Crippen molar-refractivity contribution in [2.75, 3.05) is 13.2 Å². The quantitative estimate of drug-likeness (QED) is 0.232. The van der Waals surface area contributed by atoms with Gasteiger partial charge >= 0.3 is 30.3 Å². The van der Waals surface area contributed by atoms with Crippen molar-refractivity contribution in [3.63, 3.8) is 0 Å². The Hall–Kier alpha value is -2.27. The van der Waals surface area contributed by atoms with E-state index >= 15 is 0 Å². The standard InChI is InChI=1S/C21H24F6O6/c1-11(2)16(29)33-19-6-12-3-13(7-19)5-18(4-12,10-19)17(30)32-9-15(28)31-8-14(20(22,23)24)21(25,26)27/h12-14H,1,3-10H2,2H3. The third-order valence-electron chi connectivity index (χ3n) is 6.62. The van der Waals surface area contributed by atoms with Crippen LogP contribution in [-0.2, 0) is 28.6 Å². The van der Waals surface area contributed by atoms with Gasteiger partial charge in [-0.15, -0.1) is 0 Å². The van der Waals surface area contributed by atoms with Gasteiger partial charge in [0.15, 0.2) is 12.5 Å². The number of hydrogen-bond donors (Lipinski definition) is 0. The molecule has 2 unspecified atom stereocenters. The van der Waals surface area contributed by atoms with Crippen LogP contribution in [-0.4, -0.2) is 49.1 Å². The Bertz CT molecular complexity index is 804. The molecule has 0 aromatic heterocycles. The van der Waals surface area contributed by atoms with Crippen molar-refractivity contribution >= 4 is 17.9 Å². The molecular formula is C21H24F6O6. The van der Waals surface area contributed by atoms with E-state index < -0.39 is 60.4 Å². The Balaban J connectivity index is 1.60. The first-order valence-electron chi connectivity index (χ1n) is 10.4. The molecule has 4 bridgehead atoms. The van der Waals surface area contributed by atoms with Gasteiger partial charge < -0.3 is 14.2 Å². The van der Waals surface area contributed by atoms with Gasteiger partial charge in [-0.2, -0.15) is 26.3 Å². The van der Waals surface area contributed by atoms with Crippen molar-refractivity contribution in [2.45, 2.75) is 63.4 Å². The number of halogens is 6. The van der Waals surface area contributed by atoms with E-state index in [1.807, 2.05) is 0 Å². The predicted octanol–water partition coefficient (Wildman–Crippen LogP) is 4.27. The summed E-state index contributed by atoms with van der Waals surface area (Å²) in [7, 11) is 0. The van der Waals surface area contributed by atoms with Crippen LogP contribution in [0.3, 0.4) is 0 Å². The molecule has 0 spiro atoms. The van der Waals surface area contributed by atoms with Crippen LogP contribution >= 0.6 is 0 Å². The van der Waals surface area contributed by atoms with Crippen LogP contribution in [0.15, 0.2) is 12.2 Å². The lowest BCUT2D eigenvalue weighted by molar-refractivity contribution is -0.292. The monoisotopic (exact) mass is 486 g/mol. The molecule has 4 fully saturated rings. The number of esters is 3. The van der Waals surface area contributed by atoms with Gasteiger partial charge in [-0.3, -0.25) is 4.79 Å². The molecule has 0 saturated heterocycles. The third-order valence-corrected chi connectivity index (χ3v) is 6.62. The summed E-state index contributed by atoms with van der Waals surface area (Å²) in [4.78, 5) is 36.7. The zero-order chi connectivity index (χ0) is 24.8. The van der Waals surface area contributed by atoms with E-state index in [0.29, 0.717) is 25.7 Å². The zero-order valence-corrected chi connectivity index (χ0v) is 17.8. The number of ether oxygens (including phenoxy) is 3. The van der Waals surface area contributed by atoms with Crippen LogP contribution in [0, 0.1) is 23.2 Å². The molecule has 33 heavy (non-hydrogen) atoms. The molecule has 0 aromatic carbocycles. The molecule has 6 nitrogen and oxygen atoms in total. The van der Waals surface area contributed by atoms with Gasteiger partial charge in [0.2, 0.25) is 0 Å². The summed E-state index contributed by atoms with van der Waals surface area (Å²) in [6.45, 7) is 1.98. The van der Waals surface area contributed by atoms with Gasteiger partial charge in [-0.1, -0.05) is 6.58 Å². The van der Waals surface area contributed by atoms with Gasteiger partial charge in [0, 0.05) is 12.0 Å². The Kier molecular flexibility index (Phi) is 6.53. The predicted molar refractivity (Wildman–Crippen MR) is 98.3 cm³/mol. The number of carbonyl (C=O) groups excluding carboxylic acids is 3. The maximum absolute atomic E-state index is 12.9. The second-order valence-electron chi connectivity index (χ2n) is 9.49. The van der Waals surface area contributed by atoms with Crippen molar-refractivity contribution in [3.05, 3.63) is 12.2 Å². The number of carbonyl (C=O) groups is 3. The van der Waals surface area contributed by atoms with E-state index in [1.165, 1.54) is 6.92 Å². The third kappa shape index (κ3) is 5.46. The molecule has 4 saturated carbocycles. The lowest BCUT2D eigenvalue weighted by Crippen LogP contribution is -2.60. The lowest BCUT2D eigenvalue weighted by Gasteiger charge is -2.59. The average Bonchev–Trinajstić information content (AvgIpc) is 2.62. The fourth-order valence-corrected chi connectivity index (χ4v) is 5.69. The number of rotatable bonds is 7. The average molecular weight is 486 g/mol. The maximum atomic E-state index is 12.9. The highest BCUT2D eigenvalue weighted by molar-refractivity contribution is 5.87. The molecule has 0 aromatic rings. The minimum Gasteiger partial charge on any atom is -0.462 e. The summed E-state index contributed by atoms with van der Waals surface area (Å²) in [5.41, 5.74) is -1.70. The van der Waals surface area contributed by atoms with Crippen molar-refractivity contribution in [3.8, 4) is 0 Å². The van der Waals surface area contributed by atoms with E-state index in [4.69, 9.17) is 9.47 Å². The first-order valence-corrected chi connectivity index (χ1v) is 10.4. The van der Waals surface area contributed by atoms with Gasteiger partial charge in [0.1, 0.15) is 12.2 Å². The summed E-state index contributed by atoms with van der Waals surface area (Å²) in [6.07, 6.45) is -8.24. The van der Waals surface area contributed by atoms with Crippen molar-refractivity contribution < 1.29 is 54.9 Å². The molecule has 12 heteroatoms. The van der Waals surface area contributed by atoms with Gasteiger partial charge in [-0.05, 0) is 50.9 Å². The summed E-state index contributed by atoms with van der Waals surface area (Å²) >= 11 is 0. The van der Waals surface area contributed by atoms with E-state index in [2.05, 4.69) is 11.3 Å². The fraction of sp³-hybridized carbons (Fsp3) is 0.762. The SMILES string of the molecule is C=C(C)C(=O)OC12CC3CC(C1)CC(C(=O)OCC(=O)OCC(C(F)(F)F)C(F)(F)F)(C3)C2. The normalized spacial score (nSPS) is 30.8. The highest BCUT2D eigenvalue weighted by Gasteiger charge is 2.63. The summed E-state index contributed by atoms with van der Waals surface area (Å²) in [6, 6.07) is 0. The van der Waals surface area contributed by atoms with Gasteiger partial charge in [-0.25, -0.2) is 9.59 Å². The maximum Gasteiger partial charge on any atom is 0.403 e. The molecule has 186 valence electrons. The molecule has 0 amide bonds. The van der Waals surface area contributed by atoms with E-state index in [1.54, 1.807) is 0 Å². The van der Waals surface area contributed by atoms with Crippen LogP contribution in [0.4, 0.5) is 26.3 Å². The second-order valence-corrected chi connectivity index (χ2v) is 9.49. The molecule has 0 aliphatic heterocycles. The van der Waals surface area contributed by atoms with E-state index in [-0.39, 0.29) is 23.8 Å². The molecule has 0 heterocycles. The largest absolute Gasteiger partial charge is 0.462 e. The molecule has 4 aliphatic carbocycles. The number of hydrogen-bond acceptors (Lipinski definition) is 6. The van der Waals surface area contributed by atoms with Crippen molar-refractivity contribution in [1.29, 1.82) is 0 Å². The second kappa shape index (κ2) is 8.50. The minimum atomic E-state index is -5.65. The van der Waals surface area contributed by atoms with E-state index in [0.717, 1.165) is 6.42 Å². The zero-order valence-electron chi connectivity index (χ0n) is 17.8. The van der Waals surface area contributed by atoms with Gasteiger partial charge in [0.05, 0.1) is 5.41 Å². The molecule has 2 atom stereocenters. The van der Waals surface area contributed by atoms with Crippen molar-refractivity contribution in [1.82, 2.24) is 0 Å². The highest BCUT2D eigenvalue weighted by atomic mass is 19.4. The first kappa shape index (κ1) is 25.4. The lowest BCUT2D eigenvalue weighted by atomic mass is 9.48. The Morgan fingerprint density at radius 3 is 2.00 bits per heavy atom. The topological polar surface area (TPSA) is 78.9 Å².